The predicted molar refractivity (Wildman–Crippen MR) is 95.6 cm³/mol. The molecule has 8 nitrogen and oxygen atoms in total. The molecule has 0 bridgehead atoms. The van der Waals surface area contributed by atoms with E-state index >= 15 is 0 Å². The van der Waals surface area contributed by atoms with Gasteiger partial charge in [-0.2, -0.15) is 0 Å². The Morgan fingerprint density at radius 3 is 2.81 bits per heavy atom. The number of halogens is 1. The van der Waals surface area contributed by atoms with Crippen molar-refractivity contribution in [3.05, 3.63) is 45.8 Å². The first-order valence-electron chi connectivity index (χ1n) is 8.45. The van der Waals surface area contributed by atoms with Gasteiger partial charge >= 0.3 is 6.09 Å². The normalized spacial score (nSPS) is 20.7. The fraction of sp³-hybridized carbons (Fsp3) is 0.500. The van der Waals surface area contributed by atoms with Crippen LogP contribution in [0.2, 0.25) is 0 Å². The molecule has 1 aromatic rings. The Bertz CT molecular complexity index is 731. The largest absolute Gasteiger partial charge is 0.444 e. The van der Waals surface area contributed by atoms with Crippen molar-refractivity contribution in [2.24, 2.45) is 0 Å². The van der Waals surface area contributed by atoms with Crippen molar-refractivity contribution in [3.8, 4) is 0 Å². The standard InChI is InChI=1S/C18H23FN2O6/c1-18(2,3)27-17(23)20-9-13(26-11-12(20)10-22)7-8-14-15(19)5-4-6-16(14)21(24)25/h4-8,12-13,22H,9-11H2,1-3H3/b8-7+/t12-,13-/m1/s1. The molecular formula is C18H23FN2O6. The van der Waals surface area contributed by atoms with Crippen molar-refractivity contribution < 1.29 is 28.7 Å². The van der Waals surface area contributed by atoms with Gasteiger partial charge in [0.25, 0.3) is 5.69 Å². The lowest BCUT2D eigenvalue weighted by Crippen LogP contribution is -2.54. The van der Waals surface area contributed by atoms with Gasteiger partial charge in [0.2, 0.25) is 0 Å². The smallest absolute Gasteiger partial charge is 0.410 e. The number of hydrogen-bond donors (Lipinski definition) is 1. The van der Waals surface area contributed by atoms with Crippen LogP contribution in [0, 0.1) is 15.9 Å². The summed E-state index contributed by atoms with van der Waals surface area (Å²) < 4.78 is 24.9. The lowest BCUT2D eigenvalue weighted by atomic mass is 10.1. The van der Waals surface area contributed by atoms with Gasteiger partial charge in [-0.15, -0.1) is 0 Å². The number of carbonyl (C=O) groups is 1. The van der Waals surface area contributed by atoms with Crippen molar-refractivity contribution in [1.29, 1.82) is 0 Å². The number of aliphatic hydroxyl groups excluding tert-OH is 1. The van der Waals surface area contributed by atoms with Crippen LogP contribution in [0.5, 0.6) is 0 Å². The SMILES string of the molecule is CC(C)(C)OC(=O)N1C[C@@H](/C=C/c2c(F)cccc2[N+](=O)[O-])OC[C@H]1CO. The average molecular weight is 382 g/mol. The van der Waals surface area contributed by atoms with Gasteiger partial charge < -0.3 is 14.6 Å². The maximum absolute atomic E-state index is 14.0. The molecule has 2 rings (SSSR count). The van der Waals surface area contributed by atoms with Crippen molar-refractivity contribution in [1.82, 2.24) is 4.90 Å². The van der Waals surface area contributed by atoms with Crippen LogP contribution < -0.4 is 0 Å². The second-order valence-electron chi connectivity index (χ2n) is 7.13. The van der Waals surface area contributed by atoms with E-state index in [0.717, 1.165) is 6.07 Å². The fourth-order valence-electron chi connectivity index (χ4n) is 2.59. The highest BCUT2D eigenvalue weighted by molar-refractivity contribution is 5.69. The Labute approximate surface area is 156 Å². The number of aliphatic hydroxyl groups is 1. The first kappa shape index (κ1) is 20.8. The van der Waals surface area contributed by atoms with E-state index in [2.05, 4.69) is 0 Å². The van der Waals surface area contributed by atoms with E-state index in [9.17, 15) is 24.4 Å². The molecule has 9 heteroatoms. The molecule has 0 spiro atoms. The molecule has 1 amide bonds. The van der Waals surface area contributed by atoms with Gasteiger partial charge in [0, 0.05) is 6.07 Å². The maximum atomic E-state index is 14.0. The summed E-state index contributed by atoms with van der Waals surface area (Å²) in [4.78, 5) is 24.1. The summed E-state index contributed by atoms with van der Waals surface area (Å²) >= 11 is 0. The molecule has 1 aromatic carbocycles. The van der Waals surface area contributed by atoms with Crippen LogP contribution >= 0.6 is 0 Å². The minimum absolute atomic E-state index is 0.0596. The number of nitro benzene ring substituents is 1. The van der Waals surface area contributed by atoms with Crippen LogP contribution in [0.4, 0.5) is 14.9 Å². The number of morpholine rings is 1. The monoisotopic (exact) mass is 382 g/mol. The third-order valence-electron chi connectivity index (χ3n) is 3.86. The van der Waals surface area contributed by atoms with Crippen LogP contribution in [-0.4, -0.2) is 58.5 Å². The van der Waals surface area contributed by atoms with E-state index in [1.54, 1.807) is 20.8 Å². The Kier molecular flexibility index (Phi) is 6.50. The molecular weight excluding hydrogens is 359 g/mol. The summed E-state index contributed by atoms with van der Waals surface area (Å²) in [6, 6.07) is 3.03. The van der Waals surface area contributed by atoms with E-state index < -0.39 is 34.6 Å². The van der Waals surface area contributed by atoms with Crippen molar-refractivity contribution in [2.45, 2.75) is 38.5 Å². The molecule has 1 aliphatic heterocycles. The van der Waals surface area contributed by atoms with E-state index in [4.69, 9.17) is 9.47 Å². The van der Waals surface area contributed by atoms with Crippen molar-refractivity contribution in [3.63, 3.8) is 0 Å². The fourth-order valence-corrected chi connectivity index (χ4v) is 2.59. The first-order valence-corrected chi connectivity index (χ1v) is 8.45. The lowest BCUT2D eigenvalue weighted by Gasteiger charge is -2.38. The molecule has 1 fully saturated rings. The summed E-state index contributed by atoms with van der Waals surface area (Å²) in [6.07, 6.45) is 1.50. The first-order chi connectivity index (χ1) is 12.6. The van der Waals surface area contributed by atoms with Gasteiger partial charge in [-0.25, -0.2) is 9.18 Å². The second-order valence-corrected chi connectivity index (χ2v) is 7.13. The molecule has 1 heterocycles. The van der Waals surface area contributed by atoms with Gasteiger partial charge in [-0.05, 0) is 32.9 Å². The van der Waals surface area contributed by atoms with Crippen LogP contribution in [0.3, 0.4) is 0 Å². The molecule has 0 saturated carbocycles. The quantitative estimate of drug-likeness (QED) is 0.635. The minimum Gasteiger partial charge on any atom is -0.444 e. The van der Waals surface area contributed by atoms with Gasteiger partial charge in [-0.1, -0.05) is 12.1 Å². The highest BCUT2D eigenvalue weighted by atomic mass is 19.1. The summed E-state index contributed by atoms with van der Waals surface area (Å²) in [6.45, 7) is 5.02. The number of nitro groups is 1. The van der Waals surface area contributed by atoms with Gasteiger partial charge in [-0.3, -0.25) is 15.0 Å². The topological polar surface area (TPSA) is 102 Å². The molecule has 27 heavy (non-hydrogen) atoms. The van der Waals surface area contributed by atoms with Crippen LogP contribution in [-0.2, 0) is 9.47 Å². The average Bonchev–Trinajstić information content (AvgIpc) is 2.58. The summed E-state index contributed by atoms with van der Waals surface area (Å²) in [5.41, 5.74) is -1.23. The van der Waals surface area contributed by atoms with Crippen LogP contribution in [0.1, 0.15) is 26.3 Å². The molecule has 0 unspecified atom stereocenters. The van der Waals surface area contributed by atoms with Crippen molar-refractivity contribution >= 4 is 17.9 Å². The molecule has 1 aliphatic rings. The molecule has 148 valence electrons. The predicted octanol–water partition coefficient (Wildman–Crippen LogP) is 2.74. The second kappa shape index (κ2) is 8.45. The third kappa shape index (κ3) is 5.48. The Morgan fingerprint density at radius 2 is 2.22 bits per heavy atom. The summed E-state index contributed by atoms with van der Waals surface area (Å²) in [5, 5.41) is 20.5. The molecule has 2 atom stereocenters. The minimum atomic E-state index is -0.728. The zero-order valence-electron chi connectivity index (χ0n) is 15.4. The van der Waals surface area contributed by atoms with E-state index in [-0.39, 0.29) is 31.0 Å². The molecule has 0 aliphatic carbocycles. The lowest BCUT2D eigenvalue weighted by molar-refractivity contribution is -0.385. The number of hydrogen-bond acceptors (Lipinski definition) is 6. The zero-order chi connectivity index (χ0) is 20.2. The highest BCUT2D eigenvalue weighted by Gasteiger charge is 2.34. The van der Waals surface area contributed by atoms with Gasteiger partial charge in [0.15, 0.2) is 0 Å². The zero-order valence-corrected chi connectivity index (χ0v) is 15.4. The molecule has 0 aromatic heterocycles. The van der Waals surface area contributed by atoms with Crippen LogP contribution in [0.25, 0.3) is 6.08 Å². The van der Waals surface area contributed by atoms with Crippen LogP contribution in [0.15, 0.2) is 24.3 Å². The van der Waals surface area contributed by atoms with E-state index in [1.807, 2.05) is 0 Å². The molecule has 1 saturated heterocycles. The Hall–Kier alpha value is -2.52. The summed E-state index contributed by atoms with van der Waals surface area (Å²) in [5.74, 6) is -0.728. The van der Waals surface area contributed by atoms with Gasteiger partial charge in [0.1, 0.15) is 11.4 Å². The van der Waals surface area contributed by atoms with Crippen molar-refractivity contribution in [2.75, 3.05) is 19.8 Å². The third-order valence-corrected chi connectivity index (χ3v) is 3.86. The highest BCUT2D eigenvalue weighted by Crippen LogP contribution is 2.24. The number of nitrogens with zero attached hydrogens (tertiary/aromatic N) is 2. The number of amides is 1. The molecule has 0 radical (unpaired) electrons. The Balaban J connectivity index is 2.18. The maximum Gasteiger partial charge on any atom is 0.410 e. The van der Waals surface area contributed by atoms with E-state index in [1.165, 1.54) is 29.2 Å². The summed E-state index contributed by atoms with van der Waals surface area (Å²) in [7, 11) is 0. The number of benzene rings is 1. The number of ether oxygens (including phenoxy) is 2. The number of carbonyl (C=O) groups excluding carboxylic acids is 1. The number of rotatable bonds is 4. The van der Waals surface area contributed by atoms with Gasteiger partial charge in [0.05, 0.1) is 42.4 Å². The molecule has 1 N–H and O–H groups in total. The van der Waals surface area contributed by atoms with E-state index in [0.29, 0.717) is 0 Å². The Morgan fingerprint density at radius 1 is 1.52 bits per heavy atom.